The molecule has 0 saturated carbocycles. The second-order valence-electron chi connectivity index (χ2n) is 7.05. The lowest BCUT2D eigenvalue weighted by Crippen LogP contribution is -2.18. The third kappa shape index (κ3) is 3.56. The quantitative estimate of drug-likeness (QED) is 0.563. The average molecular weight is 390 g/mol. The minimum Gasteiger partial charge on any atom is -0.361 e. The molecule has 148 valence electrons. The zero-order valence-electron chi connectivity index (χ0n) is 16.8. The summed E-state index contributed by atoms with van der Waals surface area (Å²) < 4.78 is 8.82. The van der Waals surface area contributed by atoms with Crippen LogP contribution in [-0.4, -0.2) is 30.4 Å². The van der Waals surface area contributed by atoms with Crippen molar-refractivity contribution in [3.63, 3.8) is 0 Å². The smallest absolute Gasteiger partial charge is 0.280 e. The van der Waals surface area contributed by atoms with Crippen molar-refractivity contribution < 1.29 is 9.32 Å². The van der Waals surface area contributed by atoms with E-state index in [4.69, 9.17) is 4.52 Å². The van der Waals surface area contributed by atoms with Gasteiger partial charge in [-0.25, -0.2) is 4.98 Å². The first-order chi connectivity index (χ1) is 13.9. The van der Waals surface area contributed by atoms with Gasteiger partial charge in [-0.2, -0.15) is 5.10 Å². The van der Waals surface area contributed by atoms with E-state index in [0.29, 0.717) is 23.8 Å². The summed E-state index contributed by atoms with van der Waals surface area (Å²) in [4.78, 5) is 17.2. The molecule has 0 saturated heterocycles. The van der Waals surface area contributed by atoms with Gasteiger partial charge in [0, 0.05) is 30.6 Å². The summed E-state index contributed by atoms with van der Waals surface area (Å²) in [5, 5.41) is 11.0. The molecule has 8 heteroatoms. The molecule has 1 N–H and O–H groups in total. The van der Waals surface area contributed by atoms with Crippen LogP contribution in [0.1, 0.15) is 32.9 Å². The molecule has 0 spiro atoms. The van der Waals surface area contributed by atoms with Gasteiger partial charge < -0.3 is 9.09 Å². The molecule has 3 aromatic heterocycles. The van der Waals surface area contributed by atoms with Gasteiger partial charge in [0.05, 0.1) is 18.4 Å². The largest absolute Gasteiger partial charge is 0.361 e. The van der Waals surface area contributed by atoms with E-state index >= 15 is 0 Å². The summed E-state index contributed by atoms with van der Waals surface area (Å²) in [6, 6.07) is 8.07. The van der Waals surface area contributed by atoms with Crippen molar-refractivity contribution in [3.05, 3.63) is 71.0 Å². The number of nitrogens with zero attached hydrogens (tertiary/aromatic N) is 5. The Morgan fingerprint density at radius 2 is 2.03 bits per heavy atom. The molecule has 0 bridgehead atoms. The van der Waals surface area contributed by atoms with Gasteiger partial charge in [-0.15, -0.1) is 0 Å². The van der Waals surface area contributed by atoms with E-state index in [-0.39, 0.29) is 11.6 Å². The standard InChI is InChI=1S/C21H22N6O2/c1-13-6-7-16(10-14(13)2)18-11-22-21(26(18)4)24-20(28)19-17(15(3)29-25-19)12-27-9-5-8-23-27/h5-11H,12H2,1-4H3,(H,22,24,28). The van der Waals surface area contributed by atoms with Gasteiger partial charge in [-0.3, -0.25) is 14.8 Å². The summed E-state index contributed by atoms with van der Waals surface area (Å²) in [6.45, 7) is 6.33. The second kappa shape index (κ2) is 7.38. The molecule has 0 atom stereocenters. The number of aryl methyl sites for hydroxylation is 3. The first-order valence-electron chi connectivity index (χ1n) is 9.27. The zero-order chi connectivity index (χ0) is 20.5. The number of hydrogen-bond donors (Lipinski definition) is 1. The van der Waals surface area contributed by atoms with Crippen LogP contribution in [0.5, 0.6) is 0 Å². The number of hydrogen-bond acceptors (Lipinski definition) is 5. The molecule has 4 aromatic rings. The van der Waals surface area contributed by atoms with Gasteiger partial charge in [-0.1, -0.05) is 17.3 Å². The predicted molar refractivity (Wildman–Crippen MR) is 109 cm³/mol. The topological polar surface area (TPSA) is 90.8 Å². The molecule has 8 nitrogen and oxygen atoms in total. The van der Waals surface area contributed by atoms with Crippen LogP contribution < -0.4 is 5.32 Å². The molecule has 0 radical (unpaired) electrons. The van der Waals surface area contributed by atoms with Crippen molar-refractivity contribution in [2.45, 2.75) is 27.3 Å². The maximum Gasteiger partial charge on any atom is 0.280 e. The van der Waals surface area contributed by atoms with Gasteiger partial charge in [-0.05, 0) is 44.0 Å². The number of carbonyl (C=O) groups excluding carboxylic acids is 1. The Morgan fingerprint density at radius 1 is 1.21 bits per heavy atom. The van der Waals surface area contributed by atoms with Crippen molar-refractivity contribution in [2.24, 2.45) is 7.05 Å². The number of imidazole rings is 1. The molecule has 3 heterocycles. The van der Waals surface area contributed by atoms with Crippen LogP contribution in [0.4, 0.5) is 5.95 Å². The summed E-state index contributed by atoms with van der Waals surface area (Å²) in [6.07, 6.45) is 5.26. The van der Waals surface area contributed by atoms with Gasteiger partial charge in [0.25, 0.3) is 5.91 Å². The van der Waals surface area contributed by atoms with Crippen LogP contribution >= 0.6 is 0 Å². The normalized spacial score (nSPS) is 11.0. The highest BCUT2D eigenvalue weighted by atomic mass is 16.5. The summed E-state index contributed by atoms with van der Waals surface area (Å²) in [7, 11) is 1.87. The van der Waals surface area contributed by atoms with Crippen molar-refractivity contribution in [1.82, 2.24) is 24.5 Å². The minimum absolute atomic E-state index is 0.230. The Hall–Kier alpha value is -3.68. The van der Waals surface area contributed by atoms with Crippen molar-refractivity contribution in [2.75, 3.05) is 5.32 Å². The monoisotopic (exact) mass is 390 g/mol. The van der Waals surface area contributed by atoms with Crippen LogP contribution in [0, 0.1) is 20.8 Å². The lowest BCUT2D eigenvalue weighted by molar-refractivity contribution is 0.101. The van der Waals surface area contributed by atoms with Crippen molar-refractivity contribution in [1.29, 1.82) is 0 Å². The van der Waals surface area contributed by atoms with E-state index in [1.54, 1.807) is 24.0 Å². The fraction of sp³-hybridized carbons (Fsp3) is 0.238. The summed E-state index contributed by atoms with van der Waals surface area (Å²) in [5.41, 5.74) is 5.31. The first kappa shape index (κ1) is 18.7. The number of benzene rings is 1. The molecule has 0 aliphatic rings. The lowest BCUT2D eigenvalue weighted by Gasteiger charge is -2.09. The van der Waals surface area contributed by atoms with Gasteiger partial charge in [0.2, 0.25) is 5.95 Å². The fourth-order valence-electron chi connectivity index (χ4n) is 3.17. The van der Waals surface area contributed by atoms with Gasteiger partial charge in [0.1, 0.15) is 5.76 Å². The van der Waals surface area contributed by atoms with Crippen molar-refractivity contribution >= 4 is 11.9 Å². The molecule has 1 aromatic carbocycles. The highest BCUT2D eigenvalue weighted by Crippen LogP contribution is 2.25. The lowest BCUT2D eigenvalue weighted by atomic mass is 10.0. The van der Waals surface area contributed by atoms with Crippen LogP contribution in [-0.2, 0) is 13.6 Å². The van der Waals surface area contributed by atoms with Gasteiger partial charge >= 0.3 is 0 Å². The molecular formula is C21H22N6O2. The maximum absolute atomic E-state index is 12.9. The third-order valence-corrected chi connectivity index (χ3v) is 5.10. The van der Waals surface area contributed by atoms with Crippen LogP contribution in [0.25, 0.3) is 11.3 Å². The molecule has 0 fully saturated rings. The zero-order valence-corrected chi connectivity index (χ0v) is 16.8. The SMILES string of the molecule is Cc1ccc(-c2cnc(NC(=O)c3noc(C)c3Cn3cccn3)n2C)cc1C. The minimum atomic E-state index is -0.371. The average Bonchev–Trinajstić information content (AvgIpc) is 3.41. The van der Waals surface area contributed by atoms with E-state index in [2.05, 4.69) is 46.5 Å². The Bertz CT molecular complexity index is 1170. The molecule has 4 rings (SSSR count). The molecular weight excluding hydrogens is 368 g/mol. The number of rotatable bonds is 5. The van der Waals surface area contributed by atoms with Crippen LogP contribution in [0.3, 0.4) is 0 Å². The predicted octanol–water partition coefficient (Wildman–Crippen LogP) is 3.50. The number of nitrogens with one attached hydrogen (secondary N) is 1. The number of aromatic nitrogens is 5. The highest BCUT2D eigenvalue weighted by molar-refractivity contribution is 6.03. The van der Waals surface area contributed by atoms with E-state index in [1.165, 1.54) is 11.1 Å². The van der Waals surface area contributed by atoms with E-state index in [9.17, 15) is 4.79 Å². The highest BCUT2D eigenvalue weighted by Gasteiger charge is 2.22. The number of carbonyl (C=O) groups is 1. The molecule has 0 unspecified atom stereocenters. The second-order valence-corrected chi connectivity index (χ2v) is 7.05. The molecule has 29 heavy (non-hydrogen) atoms. The Labute approximate surface area is 168 Å². The van der Waals surface area contributed by atoms with E-state index in [0.717, 1.165) is 11.3 Å². The first-order valence-corrected chi connectivity index (χ1v) is 9.27. The molecule has 0 aliphatic heterocycles. The summed E-state index contributed by atoms with van der Waals surface area (Å²) in [5.74, 6) is 0.652. The Kier molecular flexibility index (Phi) is 4.75. The number of amides is 1. The maximum atomic E-state index is 12.9. The summed E-state index contributed by atoms with van der Waals surface area (Å²) >= 11 is 0. The Morgan fingerprint density at radius 3 is 2.76 bits per heavy atom. The third-order valence-electron chi connectivity index (χ3n) is 5.10. The fourth-order valence-corrected chi connectivity index (χ4v) is 3.17. The van der Waals surface area contributed by atoms with E-state index < -0.39 is 0 Å². The Balaban J connectivity index is 1.58. The molecule has 0 aliphatic carbocycles. The number of anilines is 1. The van der Waals surface area contributed by atoms with Crippen LogP contribution in [0.2, 0.25) is 0 Å². The van der Waals surface area contributed by atoms with Crippen molar-refractivity contribution in [3.8, 4) is 11.3 Å². The molecule has 1 amide bonds. The van der Waals surface area contributed by atoms with Crippen LogP contribution in [0.15, 0.2) is 47.4 Å². The van der Waals surface area contributed by atoms with Gasteiger partial charge in [0.15, 0.2) is 5.69 Å². The van der Waals surface area contributed by atoms with E-state index in [1.807, 2.05) is 29.9 Å².